The minimum Gasteiger partial charge on any atom is -0.480 e. The Labute approximate surface area is 250 Å². The number of ether oxygens (including phenoxy) is 1. The molecule has 2 aromatic rings. The summed E-state index contributed by atoms with van der Waals surface area (Å²) in [7, 11) is 0. The smallest absolute Gasteiger partial charge is 0.410 e. The van der Waals surface area contributed by atoms with Crippen molar-refractivity contribution in [3.8, 4) is 0 Å². The van der Waals surface area contributed by atoms with Crippen LogP contribution in [0.15, 0.2) is 54.6 Å². The van der Waals surface area contributed by atoms with Gasteiger partial charge in [-0.25, -0.2) is 9.18 Å². The van der Waals surface area contributed by atoms with E-state index in [2.05, 4.69) is 55.3 Å². The van der Waals surface area contributed by atoms with Gasteiger partial charge in [-0.15, -0.1) is 0 Å². The SMILES string of the molecule is CCCN(C(=O)OCc1ccc(F)cc1)C1CCN(C[C@H]2CC(NC(CC(C)C)C(=O)O)C[C@@H]2c2ccccc2)CC1. The third kappa shape index (κ3) is 9.01. The van der Waals surface area contributed by atoms with Crippen LogP contribution in [0.25, 0.3) is 0 Å². The lowest BCUT2D eigenvalue weighted by molar-refractivity contribution is -0.140. The number of rotatable bonds is 13. The van der Waals surface area contributed by atoms with Crippen molar-refractivity contribution in [3.05, 3.63) is 71.5 Å². The number of piperidine rings is 1. The zero-order valence-corrected chi connectivity index (χ0v) is 25.4. The Kier molecular flexibility index (Phi) is 11.8. The van der Waals surface area contributed by atoms with Crippen LogP contribution in [0.1, 0.15) is 76.3 Å². The molecule has 0 radical (unpaired) electrons. The molecule has 0 spiro atoms. The average molecular weight is 582 g/mol. The quantitative estimate of drug-likeness (QED) is 0.289. The lowest BCUT2D eigenvalue weighted by Crippen LogP contribution is -2.48. The molecule has 1 heterocycles. The van der Waals surface area contributed by atoms with Gasteiger partial charge in [0.1, 0.15) is 18.5 Å². The number of carboxylic acids is 1. The summed E-state index contributed by atoms with van der Waals surface area (Å²) >= 11 is 0. The van der Waals surface area contributed by atoms with E-state index in [1.807, 2.05) is 11.0 Å². The van der Waals surface area contributed by atoms with Gasteiger partial charge >= 0.3 is 12.1 Å². The Hall–Kier alpha value is -2.97. The number of benzene rings is 2. The van der Waals surface area contributed by atoms with Gasteiger partial charge in [-0.3, -0.25) is 4.79 Å². The molecule has 4 atom stereocenters. The van der Waals surface area contributed by atoms with E-state index in [0.717, 1.165) is 57.3 Å². The van der Waals surface area contributed by atoms with Crippen molar-refractivity contribution in [3.63, 3.8) is 0 Å². The number of nitrogens with one attached hydrogen (secondary N) is 1. The summed E-state index contributed by atoms with van der Waals surface area (Å²) < 4.78 is 18.8. The highest BCUT2D eigenvalue weighted by Crippen LogP contribution is 2.41. The largest absolute Gasteiger partial charge is 0.480 e. The van der Waals surface area contributed by atoms with Crippen LogP contribution in [0.2, 0.25) is 0 Å². The summed E-state index contributed by atoms with van der Waals surface area (Å²) in [5, 5.41) is 13.3. The lowest BCUT2D eigenvalue weighted by atomic mass is 9.88. The fourth-order valence-corrected chi connectivity index (χ4v) is 6.79. The van der Waals surface area contributed by atoms with Crippen molar-refractivity contribution in [2.24, 2.45) is 11.8 Å². The highest BCUT2D eigenvalue weighted by molar-refractivity contribution is 5.73. The number of hydrogen-bond acceptors (Lipinski definition) is 5. The molecule has 2 aliphatic rings. The average Bonchev–Trinajstić information content (AvgIpc) is 3.37. The molecule has 230 valence electrons. The number of nitrogens with zero attached hydrogens (tertiary/aromatic N) is 2. The topological polar surface area (TPSA) is 82.1 Å². The summed E-state index contributed by atoms with van der Waals surface area (Å²) in [5.74, 6) is 0.0580. The first-order chi connectivity index (χ1) is 20.2. The number of likely N-dealkylation sites (tertiary alicyclic amines) is 1. The van der Waals surface area contributed by atoms with E-state index in [0.29, 0.717) is 30.7 Å². The molecule has 4 rings (SSSR count). The molecule has 7 nitrogen and oxygen atoms in total. The zero-order valence-electron chi connectivity index (χ0n) is 25.4. The first-order valence-electron chi connectivity index (χ1n) is 15.7. The molecule has 8 heteroatoms. The number of carboxylic acid groups (broad SMARTS) is 1. The maximum atomic E-state index is 13.2. The molecule has 2 aromatic carbocycles. The van der Waals surface area contributed by atoms with E-state index in [9.17, 15) is 19.1 Å². The normalized spacial score (nSPS) is 22.3. The summed E-state index contributed by atoms with van der Waals surface area (Å²) in [6.45, 7) is 9.79. The van der Waals surface area contributed by atoms with Crippen LogP contribution in [-0.4, -0.2) is 71.3 Å². The second-order valence-corrected chi connectivity index (χ2v) is 12.5. The summed E-state index contributed by atoms with van der Waals surface area (Å²) in [6, 6.07) is 16.5. The molecule has 0 aromatic heterocycles. The van der Waals surface area contributed by atoms with Crippen molar-refractivity contribution in [1.82, 2.24) is 15.1 Å². The highest BCUT2D eigenvalue weighted by Gasteiger charge is 2.39. The fourth-order valence-electron chi connectivity index (χ4n) is 6.79. The molecule has 2 unspecified atom stereocenters. The number of aliphatic carboxylic acids is 1. The van der Waals surface area contributed by atoms with Gasteiger partial charge in [0.25, 0.3) is 0 Å². The van der Waals surface area contributed by atoms with Crippen LogP contribution in [-0.2, 0) is 16.1 Å². The predicted molar refractivity (Wildman–Crippen MR) is 163 cm³/mol. The van der Waals surface area contributed by atoms with E-state index in [1.54, 1.807) is 12.1 Å². The van der Waals surface area contributed by atoms with Crippen molar-refractivity contribution in [2.45, 2.75) is 89.9 Å². The second-order valence-electron chi connectivity index (χ2n) is 12.5. The van der Waals surface area contributed by atoms with E-state index in [-0.39, 0.29) is 30.6 Å². The van der Waals surface area contributed by atoms with E-state index >= 15 is 0 Å². The summed E-state index contributed by atoms with van der Waals surface area (Å²) in [6.07, 6.45) is 4.87. The Morgan fingerprint density at radius 2 is 1.76 bits per heavy atom. The summed E-state index contributed by atoms with van der Waals surface area (Å²) in [5.41, 5.74) is 2.10. The Morgan fingerprint density at radius 3 is 2.38 bits per heavy atom. The highest BCUT2D eigenvalue weighted by atomic mass is 19.1. The predicted octanol–water partition coefficient (Wildman–Crippen LogP) is 6.29. The zero-order chi connectivity index (χ0) is 30.1. The maximum Gasteiger partial charge on any atom is 0.410 e. The molecule has 1 saturated carbocycles. The Morgan fingerprint density at radius 1 is 1.07 bits per heavy atom. The first kappa shape index (κ1) is 32.0. The maximum absolute atomic E-state index is 13.2. The van der Waals surface area contributed by atoms with Crippen molar-refractivity contribution >= 4 is 12.1 Å². The van der Waals surface area contributed by atoms with Crippen LogP contribution < -0.4 is 5.32 Å². The first-order valence-corrected chi connectivity index (χ1v) is 15.7. The molecule has 0 bridgehead atoms. The molecular weight excluding hydrogens is 533 g/mol. The van der Waals surface area contributed by atoms with Crippen LogP contribution in [0.4, 0.5) is 9.18 Å². The molecule has 1 saturated heterocycles. The number of hydrogen-bond donors (Lipinski definition) is 2. The van der Waals surface area contributed by atoms with Crippen LogP contribution in [0, 0.1) is 17.7 Å². The van der Waals surface area contributed by atoms with Gasteiger partial charge < -0.3 is 25.0 Å². The van der Waals surface area contributed by atoms with Gasteiger partial charge in [-0.1, -0.05) is 63.2 Å². The number of carbonyl (C=O) groups excluding carboxylic acids is 1. The van der Waals surface area contributed by atoms with Crippen molar-refractivity contribution < 1.29 is 23.8 Å². The van der Waals surface area contributed by atoms with Crippen LogP contribution >= 0.6 is 0 Å². The third-order valence-electron chi connectivity index (χ3n) is 8.83. The van der Waals surface area contributed by atoms with E-state index in [1.165, 1.54) is 17.7 Å². The van der Waals surface area contributed by atoms with Gasteiger partial charge in [0.15, 0.2) is 0 Å². The van der Waals surface area contributed by atoms with Gasteiger partial charge in [-0.05, 0) is 79.5 Å². The standard InChI is InChI=1S/C34H48FN3O4/c1-4-16-38(34(41)42-23-25-10-12-28(35)13-11-25)30-14-17-37(18-15-30)22-27-20-29(36-32(33(39)40)19-24(2)3)21-31(27)26-8-6-5-7-9-26/h5-13,24,27,29-32,36H,4,14-23H2,1-3H3,(H,39,40)/t27-,29?,31-,32?/m1/s1. The minimum atomic E-state index is -0.765. The van der Waals surface area contributed by atoms with E-state index < -0.39 is 12.0 Å². The number of halogens is 1. The Bertz CT molecular complexity index is 1120. The van der Waals surface area contributed by atoms with Crippen molar-refractivity contribution in [2.75, 3.05) is 26.2 Å². The monoisotopic (exact) mass is 581 g/mol. The van der Waals surface area contributed by atoms with Gasteiger partial charge in [-0.2, -0.15) is 0 Å². The third-order valence-corrected chi connectivity index (χ3v) is 8.83. The second kappa shape index (κ2) is 15.5. The molecule has 1 amide bonds. The lowest BCUT2D eigenvalue weighted by Gasteiger charge is -2.39. The van der Waals surface area contributed by atoms with Crippen molar-refractivity contribution in [1.29, 1.82) is 0 Å². The van der Waals surface area contributed by atoms with Gasteiger partial charge in [0, 0.05) is 38.3 Å². The molecule has 1 aliphatic carbocycles. The molecular formula is C34H48FN3O4. The van der Waals surface area contributed by atoms with Crippen LogP contribution in [0.3, 0.4) is 0 Å². The number of carbonyl (C=O) groups is 2. The van der Waals surface area contributed by atoms with Gasteiger partial charge in [0.05, 0.1) is 0 Å². The molecule has 2 fully saturated rings. The number of amides is 1. The fraction of sp³-hybridized carbons (Fsp3) is 0.588. The summed E-state index contributed by atoms with van der Waals surface area (Å²) in [4.78, 5) is 29.4. The van der Waals surface area contributed by atoms with Gasteiger partial charge in [0.2, 0.25) is 0 Å². The van der Waals surface area contributed by atoms with Crippen LogP contribution in [0.5, 0.6) is 0 Å². The minimum absolute atomic E-state index is 0.135. The Balaban J connectivity index is 1.34. The molecule has 1 aliphatic heterocycles. The molecule has 42 heavy (non-hydrogen) atoms. The van der Waals surface area contributed by atoms with E-state index in [4.69, 9.17) is 4.74 Å². The molecule has 2 N–H and O–H groups in total.